The lowest BCUT2D eigenvalue weighted by molar-refractivity contribution is -0.120. The maximum atomic E-state index is 13.4. The normalized spacial score (nSPS) is 12.5. The number of carbonyl (C=O) groups is 2. The molecule has 34 heavy (non-hydrogen) atoms. The summed E-state index contributed by atoms with van der Waals surface area (Å²) < 4.78 is 5.23. The highest BCUT2D eigenvalue weighted by Gasteiger charge is 2.30. The van der Waals surface area contributed by atoms with Crippen molar-refractivity contribution in [3.05, 3.63) is 83.7 Å². The van der Waals surface area contributed by atoms with Crippen molar-refractivity contribution in [2.45, 2.75) is 17.5 Å². The average molecular weight is 482 g/mol. The number of nitrogens with one attached hydrogen (secondary N) is 1. The number of likely N-dealkylation sites (N-methyl/N-ethyl adjacent to an activating group) is 1. The van der Waals surface area contributed by atoms with Gasteiger partial charge in [-0.05, 0) is 77.8 Å². The van der Waals surface area contributed by atoms with Gasteiger partial charge in [-0.1, -0.05) is 12.1 Å². The molecule has 2 aromatic carbocycles. The number of aromatic nitrogens is 1. The second kappa shape index (κ2) is 10.7. The molecule has 0 radical (unpaired) electrons. The van der Waals surface area contributed by atoms with Crippen LogP contribution in [0.5, 0.6) is 5.75 Å². The molecule has 2 N–H and O–H groups in total. The lowest BCUT2D eigenvalue weighted by Gasteiger charge is -2.28. The highest BCUT2D eigenvalue weighted by atomic mass is 32.3. The molecular weight excluding hydrogens is 450 g/mol. The van der Waals surface area contributed by atoms with E-state index in [0.717, 1.165) is 0 Å². The summed E-state index contributed by atoms with van der Waals surface area (Å²) in [5, 5.41) is 12.2. The molecule has 0 aliphatic heterocycles. The van der Waals surface area contributed by atoms with E-state index in [2.05, 4.69) is 29.1 Å². The first-order valence-corrected chi connectivity index (χ1v) is 13.6. The topological polar surface area (TPSA) is 91.8 Å². The Labute approximate surface area is 202 Å². The van der Waals surface area contributed by atoms with Crippen LogP contribution >= 0.6 is 10.0 Å². The van der Waals surface area contributed by atoms with Gasteiger partial charge in [0.25, 0.3) is 11.8 Å². The zero-order valence-electron chi connectivity index (χ0n) is 20.1. The van der Waals surface area contributed by atoms with Gasteiger partial charge in [0.15, 0.2) is 0 Å². The van der Waals surface area contributed by atoms with Gasteiger partial charge in [-0.3, -0.25) is 14.6 Å². The number of hydrogen-bond donors (Lipinski definition) is 2. The number of pyridine rings is 1. The highest BCUT2D eigenvalue weighted by Crippen LogP contribution is 2.45. The van der Waals surface area contributed by atoms with Gasteiger partial charge in [-0.25, -0.2) is 10.0 Å². The first-order chi connectivity index (χ1) is 16.1. The molecule has 0 saturated carbocycles. The number of methoxy groups -OCH3 is 1. The molecule has 1 heterocycles. The smallest absolute Gasteiger partial charge is 0.256 e. The number of aliphatic hydroxyl groups is 1. The first-order valence-electron chi connectivity index (χ1n) is 10.7. The fraction of sp³-hybridized carbons (Fsp3) is 0.269. The van der Waals surface area contributed by atoms with Crippen molar-refractivity contribution in [1.82, 2.24) is 9.88 Å². The number of anilines is 1. The molecule has 1 atom stereocenters. The summed E-state index contributed by atoms with van der Waals surface area (Å²) in [5.74, 6) is -0.0441. The van der Waals surface area contributed by atoms with Crippen LogP contribution in [0.3, 0.4) is 0 Å². The molecule has 180 valence electrons. The fourth-order valence-corrected chi connectivity index (χ4v) is 4.41. The monoisotopic (exact) mass is 481 g/mol. The molecule has 1 unspecified atom stereocenters. The molecule has 2 amide bonds. The van der Waals surface area contributed by atoms with Crippen LogP contribution in [0.4, 0.5) is 5.69 Å². The van der Waals surface area contributed by atoms with Crippen molar-refractivity contribution in [3.63, 3.8) is 0 Å². The summed E-state index contributed by atoms with van der Waals surface area (Å²) in [4.78, 5) is 33.4. The van der Waals surface area contributed by atoms with E-state index in [4.69, 9.17) is 4.74 Å². The van der Waals surface area contributed by atoms with Crippen molar-refractivity contribution < 1.29 is 19.4 Å². The Balaban J connectivity index is 1.90. The predicted octanol–water partition coefficient (Wildman–Crippen LogP) is 4.09. The number of aliphatic hydroxyl groups excluding tert-OH is 1. The standard InChI is InChI=1S/C26H31N3O4S/c1-29(26(32)19-6-9-21(17-30)27-16-19)24(18-7-12-22(33-2)13-8-18)25(31)28-20-10-14-23(15-11-20)34(3,4)5/h6-16,24,30H,17H2,1-5H3,(H,28,31). The lowest BCUT2D eigenvalue weighted by Crippen LogP contribution is -2.38. The summed E-state index contributed by atoms with van der Waals surface area (Å²) in [6.07, 6.45) is 8.04. The SMILES string of the molecule is COc1ccc(C(C(=O)Nc2ccc(S(C)(C)C)cc2)N(C)C(=O)c2ccc(CO)nc2)cc1. The zero-order chi connectivity index (χ0) is 24.9. The van der Waals surface area contributed by atoms with Gasteiger partial charge in [0.1, 0.15) is 11.8 Å². The third kappa shape index (κ3) is 5.95. The van der Waals surface area contributed by atoms with Gasteiger partial charge in [-0.15, -0.1) is 0 Å². The number of amides is 2. The number of hydrogen-bond acceptors (Lipinski definition) is 5. The lowest BCUT2D eigenvalue weighted by atomic mass is 10.0. The summed E-state index contributed by atoms with van der Waals surface area (Å²) in [6, 6.07) is 17.2. The van der Waals surface area contributed by atoms with Crippen molar-refractivity contribution >= 4 is 27.5 Å². The zero-order valence-corrected chi connectivity index (χ0v) is 20.9. The van der Waals surface area contributed by atoms with Crippen LogP contribution in [-0.4, -0.2) is 59.7 Å². The highest BCUT2D eigenvalue weighted by molar-refractivity contribution is 8.32. The number of carbonyl (C=O) groups excluding carboxylic acids is 2. The molecule has 0 aliphatic rings. The van der Waals surface area contributed by atoms with Crippen LogP contribution in [0, 0.1) is 0 Å². The molecule has 0 spiro atoms. The summed E-state index contributed by atoms with van der Waals surface area (Å²) in [6.45, 7) is -0.212. The minimum absolute atomic E-state index is 0.212. The molecule has 1 aromatic heterocycles. The van der Waals surface area contributed by atoms with Crippen LogP contribution < -0.4 is 10.1 Å². The second-order valence-corrected chi connectivity index (χ2v) is 12.8. The van der Waals surface area contributed by atoms with Gasteiger partial charge in [0.2, 0.25) is 0 Å². The molecule has 0 aliphatic carbocycles. The number of nitrogens with zero attached hydrogens (tertiary/aromatic N) is 2. The Morgan fingerprint density at radius 1 is 1.03 bits per heavy atom. The van der Waals surface area contributed by atoms with Crippen molar-refractivity contribution in [1.29, 1.82) is 0 Å². The van der Waals surface area contributed by atoms with Gasteiger partial charge in [-0.2, -0.15) is 0 Å². The Kier molecular flexibility index (Phi) is 7.96. The Morgan fingerprint density at radius 3 is 2.18 bits per heavy atom. The molecule has 8 heteroatoms. The van der Waals surface area contributed by atoms with E-state index in [1.807, 2.05) is 24.3 Å². The largest absolute Gasteiger partial charge is 0.497 e. The average Bonchev–Trinajstić information content (AvgIpc) is 2.84. The molecule has 0 saturated heterocycles. The molecule has 3 rings (SSSR count). The number of benzene rings is 2. The summed E-state index contributed by atoms with van der Waals surface area (Å²) in [7, 11) is 2.28. The van der Waals surface area contributed by atoms with Gasteiger partial charge in [0, 0.05) is 18.9 Å². The van der Waals surface area contributed by atoms with Crippen LogP contribution in [-0.2, 0) is 11.4 Å². The van der Waals surface area contributed by atoms with E-state index in [1.54, 1.807) is 50.6 Å². The molecule has 0 bridgehead atoms. The predicted molar refractivity (Wildman–Crippen MR) is 137 cm³/mol. The maximum absolute atomic E-state index is 13.4. The van der Waals surface area contributed by atoms with Crippen LogP contribution in [0.1, 0.15) is 27.7 Å². The van der Waals surface area contributed by atoms with E-state index in [9.17, 15) is 14.7 Å². The number of rotatable bonds is 8. The molecule has 3 aromatic rings. The van der Waals surface area contributed by atoms with Crippen LogP contribution in [0.15, 0.2) is 71.8 Å². The maximum Gasteiger partial charge on any atom is 0.256 e. The second-order valence-electron chi connectivity index (χ2n) is 8.64. The van der Waals surface area contributed by atoms with Crippen molar-refractivity contribution in [2.24, 2.45) is 0 Å². The Hall–Kier alpha value is -3.36. The van der Waals surface area contributed by atoms with Gasteiger partial charge >= 0.3 is 0 Å². The van der Waals surface area contributed by atoms with Gasteiger partial charge in [0.05, 0.1) is 25.0 Å². The molecule has 7 nitrogen and oxygen atoms in total. The van der Waals surface area contributed by atoms with E-state index >= 15 is 0 Å². The molecule has 0 fully saturated rings. The third-order valence-electron chi connectivity index (χ3n) is 5.45. The van der Waals surface area contributed by atoms with Gasteiger partial charge < -0.3 is 20.1 Å². The third-order valence-corrected chi connectivity index (χ3v) is 7.14. The Morgan fingerprint density at radius 2 is 1.68 bits per heavy atom. The van der Waals surface area contributed by atoms with Crippen LogP contribution in [0.2, 0.25) is 0 Å². The first kappa shape index (κ1) is 25.3. The quantitative estimate of drug-likeness (QED) is 0.506. The summed E-state index contributed by atoms with van der Waals surface area (Å²) in [5.41, 5.74) is 2.09. The van der Waals surface area contributed by atoms with E-state index in [-0.39, 0.29) is 18.4 Å². The van der Waals surface area contributed by atoms with Crippen molar-refractivity contribution in [2.75, 3.05) is 38.2 Å². The van der Waals surface area contributed by atoms with E-state index < -0.39 is 16.1 Å². The fourth-order valence-electron chi connectivity index (χ4n) is 3.46. The minimum Gasteiger partial charge on any atom is -0.497 e. The van der Waals surface area contributed by atoms with E-state index in [1.165, 1.54) is 16.0 Å². The van der Waals surface area contributed by atoms with Crippen molar-refractivity contribution in [3.8, 4) is 5.75 Å². The van der Waals surface area contributed by atoms with E-state index in [0.29, 0.717) is 28.3 Å². The number of ether oxygens (including phenoxy) is 1. The Bertz CT molecular complexity index is 1120. The van der Waals surface area contributed by atoms with Crippen LogP contribution in [0.25, 0.3) is 0 Å². The molecular formula is C26H31N3O4S. The summed E-state index contributed by atoms with van der Waals surface area (Å²) >= 11 is 0. The minimum atomic E-state index is -0.885.